The molecule has 0 unspecified atom stereocenters. The second-order valence-electron chi connectivity index (χ2n) is 7.00. The van der Waals surface area contributed by atoms with Crippen molar-refractivity contribution in [3.8, 4) is 11.5 Å². The highest BCUT2D eigenvalue weighted by Gasteiger charge is 2.25. The van der Waals surface area contributed by atoms with Crippen molar-refractivity contribution in [1.82, 2.24) is 9.47 Å². The summed E-state index contributed by atoms with van der Waals surface area (Å²) in [5, 5.41) is 0. The number of carbonyl (C=O) groups is 1. The molecular formula is C22H26N2O4. The number of aromatic nitrogens is 1. The zero-order chi connectivity index (χ0) is 20.1. The van der Waals surface area contributed by atoms with Crippen molar-refractivity contribution in [2.45, 2.75) is 19.8 Å². The number of ether oxygens (including phenoxy) is 2. The summed E-state index contributed by atoms with van der Waals surface area (Å²) in [4.78, 5) is 27.6. The SMILES string of the molecule is COc1cccc(C=C(C(=O)N2CCC(C)CC2)n2ccccc2=O)c1OC. The number of amides is 1. The lowest BCUT2D eigenvalue weighted by atomic mass is 9.99. The lowest BCUT2D eigenvalue weighted by Crippen LogP contribution is -2.40. The van der Waals surface area contributed by atoms with Gasteiger partial charge in [-0.25, -0.2) is 0 Å². The monoisotopic (exact) mass is 382 g/mol. The van der Waals surface area contributed by atoms with Crippen molar-refractivity contribution in [3.63, 3.8) is 0 Å². The van der Waals surface area contributed by atoms with Gasteiger partial charge in [-0.2, -0.15) is 0 Å². The first-order chi connectivity index (χ1) is 13.5. The fourth-order valence-corrected chi connectivity index (χ4v) is 3.41. The van der Waals surface area contributed by atoms with Gasteiger partial charge in [0.15, 0.2) is 11.5 Å². The van der Waals surface area contributed by atoms with Crippen LogP contribution < -0.4 is 15.0 Å². The highest BCUT2D eigenvalue weighted by molar-refractivity contribution is 6.18. The zero-order valence-electron chi connectivity index (χ0n) is 16.6. The Morgan fingerprint density at radius 1 is 1.07 bits per heavy atom. The molecule has 0 radical (unpaired) electrons. The number of benzene rings is 1. The molecule has 3 rings (SSSR count). The molecule has 1 aliphatic heterocycles. The summed E-state index contributed by atoms with van der Waals surface area (Å²) in [6, 6.07) is 10.3. The molecule has 1 saturated heterocycles. The highest BCUT2D eigenvalue weighted by Crippen LogP contribution is 2.33. The molecule has 0 spiro atoms. The molecule has 1 aromatic heterocycles. The third-order valence-electron chi connectivity index (χ3n) is 5.10. The molecule has 2 heterocycles. The standard InChI is InChI=1S/C22H26N2O4/c1-16-10-13-23(14-11-16)22(26)18(24-12-5-4-9-20(24)25)15-17-7-6-8-19(27-2)21(17)28-3/h4-9,12,15-16H,10-11,13-14H2,1-3H3. The van der Waals surface area contributed by atoms with Gasteiger partial charge in [0, 0.05) is 30.9 Å². The number of nitrogens with zero attached hydrogens (tertiary/aromatic N) is 2. The average Bonchev–Trinajstić information content (AvgIpc) is 2.72. The van der Waals surface area contributed by atoms with Gasteiger partial charge in [-0.3, -0.25) is 14.2 Å². The third-order valence-corrected chi connectivity index (χ3v) is 5.10. The summed E-state index contributed by atoms with van der Waals surface area (Å²) < 4.78 is 12.2. The Morgan fingerprint density at radius 2 is 1.82 bits per heavy atom. The summed E-state index contributed by atoms with van der Waals surface area (Å²) in [5.41, 5.74) is 0.715. The molecule has 0 saturated carbocycles. The van der Waals surface area contributed by atoms with E-state index in [-0.39, 0.29) is 11.5 Å². The van der Waals surface area contributed by atoms with Crippen LogP contribution in [0.25, 0.3) is 11.8 Å². The minimum Gasteiger partial charge on any atom is -0.493 e. The van der Waals surface area contributed by atoms with E-state index >= 15 is 0 Å². The fourth-order valence-electron chi connectivity index (χ4n) is 3.41. The minimum absolute atomic E-state index is 0.162. The fraction of sp³-hybridized carbons (Fsp3) is 0.364. The molecule has 6 heteroatoms. The quantitative estimate of drug-likeness (QED) is 0.746. The third kappa shape index (κ3) is 4.11. The van der Waals surface area contributed by atoms with Crippen molar-refractivity contribution in [2.75, 3.05) is 27.3 Å². The molecule has 148 valence electrons. The van der Waals surface area contributed by atoms with Crippen LogP contribution in [0.5, 0.6) is 11.5 Å². The summed E-state index contributed by atoms with van der Waals surface area (Å²) in [5.74, 6) is 1.53. The first kappa shape index (κ1) is 19.7. The van der Waals surface area contributed by atoms with Gasteiger partial charge in [-0.05, 0) is 37.0 Å². The second-order valence-corrected chi connectivity index (χ2v) is 7.00. The number of pyridine rings is 1. The molecule has 2 aromatic rings. The maximum atomic E-state index is 13.3. The van der Waals surface area contributed by atoms with Gasteiger partial charge in [0.25, 0.3) is 11.5 Å². The molecule has 0 bridgehead atoms. The summed E-state index contributed by atoms with van der Waals surface area (Å²) in [7, 11) is 3.12. The lowest BCUT2D eigenvalue weighted by molar-refractivity contribution is -0.126. The van der Waals surface area contributed by atoms with Crippen molar-refractivity contribution >= 4 is 17.7 Å². The molecule has 0 aliphatic carbocycles. The normalized spacial score (nSPS) is 15.4. The van der Waals surface area contributed by atoms with Gasteiger partial charge in [0.2, 0.25) is 0 Å². The maximum Gasteiger partial charge on any atom is 0.270 e. The smallest absolute Gasteiger partial charge is 0.270 e. The number of rotatable bonds is 5. The van der Waals surface area contributed by atoms with E-state index in [0.717, 1.165) is 12.8 Å². The maximum absolute atomic E-state index is 13.3. The summed E-state index contributed by atoms with van der Waals surface area (Å²) in [6.45, 7) is 3.57. The van der Waals surface area contributed by atoms with Crippen LogP contribution in [0, 0.1) is 5.92 Å². The van der Waals surface area contributed by atoms with E-state index in [1.165, 1.54) is 10.6 Å². The van der Waals surface area contributed by atoms with E-state index in [2.05, 4.69) is 6.92 Å². The predicted octanol–water partition coefficient (Wildman–Crippen LogP) is 3.12. The van der Waals surface area contributed by atoms with Crippen LogP contribution >= 0.6 is 0 Å². The van der Waals surface area contributed by atoms with E-state index in [4.69, 9.17) is 9.47 Å². The molecule has 6 nitrogen and oxygen atoms in total. The number of hydrogen-bond acceptors (Lipinski definition) is 4. The Balaban J connectivity index is 2.10. The van der Waals surface area contributed by atoms with E-state index in [0.29, 0.717) is 41.8 Å². The number of hydrogen-bond donors (Lipinski definition) is 0. The second kappa shape index (κ2) is 8.78. The Bertz CT molecular complexity index is 924. The van der Waals surface area contributed by atoms with E-state index < -0.39 is 0 Å². The van der Waals surface area contributed by atoms with Crippen LogP contribution in [0.1, 0.15) is 25.3 Å². The first-order valence-electron chi connectivity index (χ1n) is 9.45. The van der Waals surface area contributed by atoms with Gasteiger partial charge in [0.1, 0.15) is 5.70 Å². The van der Waals surface area contributed by atoms with E-state index in [1.807, 2.05) is 17.0 Å². The Labute approximate surface area is 165 Å². The van der Waals surface area contributed by atoms with Gasteiger partial charge >= 0.3 is 0 Å². The van der Waals surface area contributed by atoms with Crippen molar-refractivity contribution in [2.24, 2.45) is 5.92 Å². The van der Waals surface area contributed by atoms with Gasteiger partial charge < -0.3 is 14.4 Å². The predicted molar refractivity (Wildman–Crippen MR) is 109 cm³/mol. The molecule has 1 fully saturated rings. The number of carbonyl (C=O) groups excluding carboxylic acids is 1. The highest BCUT2D eigenvalue weighted by atomic mass is 16.5. The summed E-state index contributed by atoms with van der Waals surface area (Å²) >= 11 is 0. The molecule has 1 aliphatic rings. The molecular weight excluding hydrogens is 356 g/mol. The number of likely N-dealkylation sites (tertiary alicyclic amines) is 1. The van der Waals surface area contributed by atoms with Crippen LogP contribution in [-0.4, -0.2) is 42.7 Å². The van der Waals surface area contributed by atoms with Crippen molar-refractivity contribution in [1.29, 1.82) is 0 Å². The molecule has 0 atom stereocenters. The van der Waals surface area contributed by atoms with Crippen LogP contribution in [0.4, 0.5) is 0 Å². The largest absolute Gasteiger partial charge is 0.493 e. The lowest BCUT2D eigenvalue weighted by Gasteiger charge is -2.31. The van der Waals surface area contributed by atoms with Crippen molar-refractivity contribution < 1.29 is 14.3 Å². The van der Waals surface area contributed by atoms with Crippen LogP contribution in [-0.2, 0) is 4.79 Å². The average molecular weight is 382 g/mol. The van der Waals surface area contributed by atoms with Gasteiger partial charge in [-0.1, -0.05) is 25.1 Å². The van der Waals surface area contributed by atoms with Gasteiger partial charge in [0.05, 0.1) is 14.2 Å². The number of methoxy groups -OCH3 is 2. The Morgan fingerprint density at radius 3 is 2.46 bits per heavy atom. The number of piperidine rings is 1. The molecule has 1 amide bonds. The van der Waals surface area contributed by atoms with E-state index in [1.54, 1.807) is 44.7 Å². The van der Waals surface area contributed by atoms with E-state index in [9.17, 15) is 9.59 Å². The zero-order valence-corrected chi connectivity index (χ0v) is 16.6. The van der Waals surface area contributed by atoms with Gasteiger partial charge in [-0.15, -0.1) is 0 Å². The molecule has 0 N–H and O–H groups in total. The molecule has 28 heavy (non-hydrogen) atoms. The van der Waals surface area contributed by atoms with Crippen LogP contribution in [0.2, 0.25) is 0 Å². The summed E-state index contributed by atoms with van der Waals surface area (Å²) in [6.07, 6.45) is 5.24. The van der Waals surface area contributed by atoms with Crippen molar-refractivity contribution in [3.05, 3.63) is 58.5 Å². The topological polar surface area (TPSA) is 60.8 Å². The Hall–Kier alpha value is -3.02. The Kier molecular flexibility index (Phi) is 6.19. The number of para-hydroxylation sites is 1. The van der Waals surface area contributed by atoms with Crippen LogP contribution in [0.3, 0.4) is 0 Å². The minimum atomic E-state index is -0.255. The first-order valence-corrected chi connectivity index (χ1v) is 9.45. The van der Waals surface area contributed by atoms with Crippen LogP contribution in [0.15, 0.2) is 47.4 Å². The molecule has 1 aromatic carbocycles.